The first-order valence-electron chi connectivity index (χ1n) is 17.6. The molecule has 0 radical (unpaired) electrons. The van der Waals surface area contributed by atoms with Crippen molar-refractivity contribution in [2.45, 2.75) is 26.2 Å². The number of aromatic nitrogens is 5. The lowest BCUT2D eigenvalue weighted by molar-refractivity contribution is 0.154. The number of nitrogens with zero attached hydrogens (tertiary/aromatic N) is 7. The van der Waals surface area contributed by atoms with Crippen LogP contribution in [0, 0.1) is 0 Å². The first kappa shape index (κ1) is 31.9. The predicted molar refractivity (Wildman–Crippen MR) is 204 cm³/mol. The summed E-state index contributed by atoms with van der Waals surface area (Å²) in [6.45, 7) is 9.52. The average molecular weight is 668 g/mol. The molecule has 2 N–H and O–H groups in total. The summed E-state index contributed by atoms with van der Waals surface area (Å²) < 4.78 is 3.81. The number of fused-ring (bicyclic) bond motifs is 4. The minimum absolute atomic E-state index is 0.0370. The topological polar surface area (TPSA) is 112 Å². The molecular formula is C39H41N9O2. The highest BCUT2D eigenvalue weighted by Gasteiger charge is 2.18. The summed E-state index contributed by atoms with van der Waals surface area (Å²) in [7, 11) is 2.18. The van der Waals surface area contributed by atoms with Crippen molar-refractivity contribution < 1.29 is 0 Å². The Bertz CT molecular complexity index is 2550. The number of unbranched alkanes of at least 4 members (excludes halogenated alkanes) is 1. The second kappa shape index (κ2) is 13.5. The number of nitrogens with one attached hydrogen (secondary N) is 2. The van der Waals surface area contributed by atoms with Crippen LogP contribution in [0.4, 0.5) is 11.4 Å². The van der Waals surface area contributed by atoms with E-state index >= 15 is 0 Å². The minimum atomic E-state index is 0.0370. The smallest absolute Gasteiger partial charge is 0.199 e. The number of anilines is 2. The number of benzene rings is 4. The molecule has 1 fully saturated rings. The first-order chi connectivity index (χ1) is 24.5. The van der Waals surface area contributed by atoms with Gasteiger partial charge < -0.3 is 20.4 Å². The van der Waals surface area contributed by atoms with Crippen molar-refractivity contribution in [3.8, 4) is 0 Å². The number of likely N-dealkylation sites (N-methyl/N-ethyl adjacent to an activating group) is 1. The number of imidazole rings is 1. The monoisotopic (exact) mass is 667 g/mol. The Hall–Kier alpha value is -5.39. The van der Waals surface area contributed by atoms with E-state index in [1.165, 1.54) is 0 Å². The maximum absolute atomic E-state index is 13.2. The molecule has 1 aliphatic rings. The zero-order chi connectivity index (χ0) is 34.2. The number of hydrogen-bond donors (Lipinski definition) is 2. The summed E-state index contributed by atoms with van der Waals surface area (Å²) in [6, 6.07) is 23.1. The first-order valence-corrected chi connectivity index (χ1v) is 17.6. The number of pyridine rings is 2. The molecule has 4 aromatic heterocycles. The molecule has 0 saturated carbocycles. The molecule has 0 atom stereocenters. The van der Waals surface area contributed by atoms with E-state index in [0.29, 0.717) is 10.8 Å². The van der Waals surface area contributed by atoms with Gasteiger partial charge in [0.25, 0.3) is 0 Å². The maximum Gasteiger partial charge on any atom is 0.199 e. The summed E-state index contributed by atoms with van der Waals surface area (Å²) in [5, 5.41) is 18.1. The van der Waals surface area contributed by atoms with Crippen LogP contribution in [0.2, 0.25) is 0 Å². The van der Waals surface area contributed by atoms with Gasteiger partial charge in [-0.25, -0.2) is 9.50 Å². The van der Waals surface area contributed by atoms with Gasteiger partial charge in [-0.2, -0.15) is 0 Å². The lowest BCUT2D eigenvalue weighted by Crippen LogP contribution is -2.44. The van der Waals surface area contributed by atoms with Gasteiger partial charge in [-0.1, -0.05) is 42.8 Å². The zero-order valence-electron chi connectivity index (χ0n) is 28.5. The van der Waals surface area contributed by atoms with Crippen LogP contribution in [0.1, 0.15) is 26.2 Å². The molecule has 0 amide bonds. The van der Waals surface area contributed by atoms with Crippen LogP contribution in [0.15, 0.2) is 88.7 Å². The van der Waals surface area contributed by atoms with Gasteiger partial charge in [0.1, 0.15) is 17.4 Å². The SMILES string of the molecule is CCCCNc1ccc2nnn3c4ccccc4c(=O)c1c23.CN1CCN(CCCNc2ccc3ncn4c5ccccc5c(=O)c2c34)CC1. The van der Waals surface area contributed by atoms with Crippen molar-refractivity contribution in [3.63, 3.8) is 0 Å². The van der Waals surface area contributed by atoms with E-state index in [1.807, 2.05) is 83.5 Å². The highest BCUT2D eigenvalue weighted by molar-refractivity contribution is 6.07. The molecule has 8 aromatic rings. The van der Waals surface area contributed by atoms with Crippen LogP contribution in [0.5, 0.6) is 0 Å². The van der Waals surface area contributed by atoms with Crippen molar-refractivity contribution in [3.05, 3.63) is 99.6 Å². The summed E-state index contributed by atoms with van der Waals surface area (Å²) in [5.74, 6) is 0. The number of rotatable bonds is 9. The van der Waals surface area contributed by atoms with Crippen LogP contribution in [0.25, 0.3) is 54.6 Å². The van der Waals surface area contributed by atoms with Crippen molar-refractivity contribution >= 4 is 66.0 Å². The standard InChI is InChI=1S/C22H25N5O.C17H16N4O/c1-25-11-13-26(14-12-25)10-4-9-23-17-7-8-18-21-20(17)22(28)16-5-2-3-6-19(16)27(21)15-24-18;1-2-3-10-18-12-8-9-13-16-15(12)17(22)11-6-4-5-7-14(11)21(16)20-19-13/h2-3,5-8,15,23H,4,9-14H2,1H3;4-9,18H,2-3,10H2,1H3. The van der Waals surface area contributed by atoms with E-state index < -0.39 is 0 Å². The fourth-order valence-corrected chi connectivity index (χ4v) is 7.22. The van der Waals surface area contributed by atoms with E-state index in [9.17, 15) is 9.59 Å². The Morgan fingerprint density at radius 3 is 2.04 bits per heavy atom. The summed E-state index contributed by atoms with van der Waals surface area (Å²) in [5.41, 5.74) is 6.92. The molecule has 0 bridgehead atoms. The van der Waals surface area contributed by atoms with Crippen LogP contribution in [-0.2, 0) is 0 Å². The third-order valence-electron chi connectivity index (χ3n) is 9.97. The highest BCUT2D eigenvalue weighted by Crippen LogP contribution is 2.29. The lowest BCUT2D eigenvalue weighted by atomic mass is 10.1. The van der Waals surface area contributed by atoms with Crippen molar-refractivity contribution in [1.82, 2.24) is 34.0 Å². The fraction of sp³-hybridized carbons (Fsp3) is 0.308. The Morgan fingerprint density at radius 2 is 1.32 bits per heavy atom. The van der Waals surface area contributed by atoms with Gasteiger partial charge in [-0.15, -0.1) is 5.10 Å². The molecule has 5 heterocycles. The summed E-state index contributed by atoms with van der Waals surface area (Å²) in [4.78, 5) is 35.6. The van der Waals surface area contributed by atoms with Gasteiger partial charge in [-0.05, 0) is 75.0 Å². The number of piperazine rings is 1. The second-order valence-electron chi connectivity index (χ2n) is 13.2. The summed E-state index contributed by atoms with van der Waals surface area (Å²) in [6.07, 6.45) is 5.06. The molecule has 0 spiro atoms. The third-order valence-corrected chi connectivity index (χ3v) is 9.97. The Labute approximate surface area is 288 Å². The van der Waals surface area contributed by atoms with Crippen LogP contribution in [-0.4, -0.2) is 86.9 Å². The fourth-order valence-electron chi connectivity index (χ4n) is 7.22. The van der Waals surface area contributed by atoms with E-state index in [1.54, 1.807) is 4.52 Å². The largest absolute Gasteiger partial charge is 0.384 e. The average Bonchev–Trinajstić information content (AvgIpc) is 3.79. The number of para-hydroxylation sites is 2. The van der Waals surface area contributed by atoms with Gasteiger partial charge in [-0.3, -0.25) is 14.0 Å². The van der Waals surface area contributed by atoms with Crippen LogP contribution in [0.3, 0.4) is 0 Å². The van der Waals surface area contributed by atoms with Crippen LogP contribution < -0.4 is 21.5 Å². The van der Waals surface area contributed by atoms with Crippen molar-refractivity contribution in [1.29, 1.82) is 0 Å². The van der Waals surface area contributed by atoms with Crippen molar-refractivity contribution in [2.24, 2.45) is 0 Å². The predicted octanol–water partition coefficient (Wildman–Crippen LogP) is 5.53. The van der Waals surface area contributed by atoms with Gasteiger partial charge in [0.05, 0.1) is 32.8 Å². The third kappa shape index (κ3) is 5.62. The second-order valence-corrected chi connectivity index (χ2v) is 13.2. The van der Waals surface area contributed by atoms with E-state index in [4.69, 9.17) is 0 Å². The Morgan fingerprint density at radius 1 is 0.700 bits per heavy atom. The molecule has 4 aromatic carbocycles. The minimum Gasteiger partial charge on any atom is -0.384 e. The molecule has 11 nitrogen and oxygen atoms in total. The molecule has 9 rings (SSSR count). The normalized spacial score (nSPS) is 14.4. The van der Waals surface area contributed by atoms with Gasteiger partial charge in [0.2, 0.25) is 0 Å². The number of hydrogen-bond acceptors (Lipinski definition) is 9. The molecule has 50 heavy (non-hydrogen) atoms. The van der Waals surface area contributed by atoms with E-state index in [0.717, 1.165) is 120 Å². The van der Waals surface area contributed by atoms with Crippen molar-refractivity contribution in [2.75, 3.05) is 63.5 Å². The van der Waals surface area contributed by atoms with Crippen LogP contribution >= 0.6 is 0 Å². The summed E-state index contributed by atoms with van der Waals surface area (Å²) >= 11 is 0. The molecule has 0 aliphatic carbocycles. The molecular weight excluding hydrogens is 626 g/mol. The van der Waals surface area contributed by atoms with Gasteiger partial charge in [0.15, 0.2) is 10.9 Å². The Balaban J connectivity index is 0.000000149. The molecule has 1 saturated heterocycles. The zero-order valence-corrected chi connectivity index (χ0v) is 28.5. The highest BCUT2D eigenvalue weighted by atomic mass is 16.1. The molecule has 0 unspecified atom stereocenters. The van der Waals surface area contributed by atoms with Gasteiger partial charge >= 0.3 is 0 Å². The molecule has 254 valence electrons. The van der Waals surface area contributed by atoms with E-state index in [2.05, 4.69) is 49.7 Å². The maximum atomic E-state index is 13.2. The molecule has 11 heteroatoms. The quantitative estimate of drug-likeness (QED) is 0.152. The Kier molecular flexibility index (Phi) is 8.59. The van der Waals surface area contributed by atoms with E-state index in [-0.39, 0.29) is 10.9 Å². The lowest BCUT2D eigenvalue weighted by Gasteiger charge is -2.32. The molecule has 1 aliphatic heterocycles. The van der Waals surface area contributed by atoms with Gasteiger partial charge in [0, 0.05) is 61.4 Å².